The third-order valence-corrected chi connectivity index (χ3v) is 6.08. The molecule has 15 heteroatoms. The summed E-state index contributed by atoms with van der Waals surface area (Å²) < 4.78 is 0. The number of nitrogens with one attached hydrogen (secondary N) is 3. The number of nitrogens with zero attached hydrogens (tertiary/aromatic N) is 1. The predicted octanol–water partition coefficient (Wildman–Crippen LogP) is -2.09. The Morgan fingerprint density at radius 2 is 1.44 bits per heavy atom. The van der Waals surface area contributed by atoms with Crippen LogP contribution in [0.2, 0.25) is 0 Å². The number of hydrogen-bond acceptors (Lipinski definition) is 9. The standard InChI is InChI=1S/C24H40N8O6S/c25-10-2-1-4-17(21(35)31-18(23(37)38)5-3-11-29-24(27)28)30-22(36)19(32-20(34)16(26)13-39)12-14-6-8-15(33)9-7-14/h6-9,16-19,33,39H,1-5,10-13,25-26H2,(H,30,36)(H,31,35)(H,32,34)(H,37,38)(H4,27,28,29). The third-order valence-electron chi connectivity index (χ3n) is 5.68. The topological polar surface area (TPSA) is 261 Å². The maximum Gasteiger partial charge on any atom is 0.326 e. The van der Waals surface area contributed by atoms with E-state index in [9.17, 15) is 29.4 Å². The number of carboxylic acid groups (broad SMARTS) is 1. The number of hydrogen-bond donors (Lipinski definition) is 10. The number of phenols is 1. The summed E-state index contributed by atoms with van der Waals surface area (Å²) in [5.74, 6) is -3.28. The molecule has 13 N–H and O–H groups in total. The molecule has 0 spiro atoms. The number of amides is 3. The number of phenolic OH excluding ortho intramolecular Hbond substituents is 1. The van der Waals surface area contributed by atoms with Gasteiger partial charge in [-0.15, -0.1) is 0 Å². The Balaban J connectivity index is 3.06. The highest BCUT2D eigenvalue weighted by Crippen LogP contribution is 2.12. The number of carboxylic acids is 1. The molecule has 0 aliphatic heterocycles. The summed E-state index contributed by atoms with van der Waals surface area (Å²) in [7, 11) is 0. The van der Waals surface area contributed by atoms with Crippen molar-refractivity contribution in [3.8, 4) is 5.75 Å². The number of guanidine groups is 1. The van der Waals surface area contributed by atoms with E-state index in [-0.39, 0.29) is 43.3 Å². The summed E-state index contributed by atoms with van der Waals surface area (Å²) >= 11 is 4.01. The summed E-state index contributed by atoms with van der Waals surface area (Å²) in [5.41, 5.74) is 22.5. The van der Waals surface area contributed by atoms with E-state index in [0.717, 1.165) is 0 Å². The van der Waals surface area contributed by atoms with Gasteiger partial charge in [-0.05, 0) is 56.3 Å². The van der Waals surface area contributed by atoms with Crippen molar-refractivity contribution in [1.82, 2.24) is 16.0 Å². The number of carbonyl (C=O) groups is 4. The summed E-state index contributed by atoms with van der Waals surface area (Å²) in [6.45, 7) is 0.553. The van der Waals surface area contributed by atoms with Crippen LogP contribution in [0.3, 0.4) is 0 Å². The van der Waals surface area contributed by atoms with Crippen molar-refractivity contribution in [2.45, 2.75) is 62.7 Å². The van der Waals surface area contributed by atoms with Gasteiger partial charge in [0.2, 0.25) is 17.7 Å². The second-order valence-corrected chi connectivity index (χ2v) is 9.28. The minimum absolute atomic E-state index is 0.0313. The number of thiol groups is 1. The van der Waals surface area contributed by atoms with Gasteiger partial charge in [0.05, 0.1) is 6.04 Å². The molecule has 1 rings (SSSR count). The van der Waals surface area contributed by atoms with Crippen molar-refractivity contribution in [1.29, 1.82) is 0 Å². The zero-order valence-corrected chi connectivity index (χ0v) is 22.6. The highest BCUT2D eigenvalue weighted by atomic mass is 32.1. The van der Waals surface area contributed by atoms with Gasteiger partial charge in [0.25, 0.3) is 0 Å². The predicted molar refractivity (Wildman–Crippen MR) is 150 cm³/mol. The van der Waals surface area contributed by atoms with E-state index in [2.05, 4.69) is 33.6 Å². The maximum absolute atomic E-state index is 13.3. The zero-order valence-electron chi connectivity index (χ0n) is 21.7. The number of aliphatic carboxylic acids is 1. The Labute approximate surface area is 232 Å². The van der Waals surface area contributed by atoms with E-state index >= 15 is 0 Å². The number of benzene rings is 1. The molecule has 14 nitrogen and oxygen atoms in total. The number of aliphatic imine (C=N–C) groups is 1. The Bertz CT molecular complexity index is 974. The molecule has 4 atom stereocenters. The molecular weight excluding hydrogens is 528 g/mol. The van der Waals surface area contributed by atoms with Crippen LogP contribution in [0.25, 0.3) is 0 Å². The molecule has 0 saturated heterocycles. The fourth-order valence-corrected chi connectivity index (χ4v) is 3.67. The monoisotopic (exact) mass is 568 g/mol. The van der Waals surface area contributed by atoms with Crippen LogP contribution in [0.5, 0.6) is 5.75 Å². The highest BCUT2D eigenvalue weighted by Gasteiger charge is 2.30. The minimum Gasteiger partial charge on any atom is -0.508 e. The molecule has 0 saturated carbocycles. The fourth-order valence-electron chi connectivity index (χ4n) is 3.51. The molecule has 4 unspecified atom stereocenters. The number of aromatic hydroxyl groups is 1. The van der Waals surface area contributed by atoms with Gasteiger partial charge in [0.1, 0.15) is 23.9 Å². The molecule has 0 aliphatic carbocycles. The molecule has 1 aromatic carbocycles. The Morgan fingerprint density at radius 1 is 0.872 bits per heavy atom. The Hall–Kier alpha value is -3.56. The molecule has 0 radical (unpaired) electrons. The number of unbranched alkanes of at least 4 members (excludes halogenated alkanes) is 1. The first-order valence-corrected chi connectivity index (χ1v) is 13.1. The van der Waals surface area contributed by atoms with E-state index in [1.165, 1.54) is 12.1 Å². The van der Waals surface area contributed by atoms with Crippen molar-refractivity contribution in [2.24, 2.45) is 27.9 Å². The normalized spacial score (nSPS) is 13.8. The molecule has 1 aromatic rings. The summed E-state index contributed by atoms with van der Waals surface area (Å²) in [6.07, 6.45) is 1.64. The first-order chi connectivity index (χ1) is 18.5. The van der Waals surface area contributed by atoms with Crippen LogP contribution in [-0.4, -0.2) is 82.9 Å². The summed E-state index contributed by atoms with van der Waals surface area (Å²) in [4.78, 5) is 54.4. The summed E-state index contributed by atoms with van der Waals surface area (Å²) in [6, 6.07) is 1.64. The lowest BCUT2D eigenvalue weighted by molar-refractivity contribution is -0.142. The quantitative estimate of drug-likeness (QED) is 0.0399. The van der Waals surface area contributed by atoms with Gasteiger partial charge in [-0.2, -0.15) is 12.6 Å². The molecular formula is C24H40N8O6S. The first kappa shape index (κ1) is 33.5. The van der Waals surface area contributed by atoms with Gasteiger partial charge in [-0.25, -0.2) is 4.79 Å². The molecule has 0 heterocycles. The highest BCUT2D eigenvalue weighted by molar-refractivity contribution is 7.80. The van der Waals surface area contributed by atoms with Gasteiger partial charge in [0.15, 0.2) is 5.96 Å². The lowest BCUT2D eigenvalue weighted by atomic mass is 10.0. The Kier molecular flexibility index (Phi) is 15.3. The summed E-state index contributed by atoms with van der Waals surface area (Å²) in [5, 5.41) is 26.8. The van der Waals surface area contributed by atoms with E-state index in [4.69, 9.17) is 22.9 Å². The smallest absolute Gasteiger partial charge is 0.326 e. The van der Waals surface area contributed by atoms with Gasteiger partial charge < -0.3 is 49.1 Å². The van der Waals surface area contributed by atoms with Crippen molar-refractivity contribution in [3.63, 3.8) is 0 Å². The number of rotatable bonds is 18. The van der Waals surface area contributed by atoms with Crippen LogP contribution in [0.1, 0.15) is 37.7 Å². The van der Waals surface area contributed by atoms with E-state index in [0.29, 0.717) is 31.4 Å². The third kappa shape index (κ3) is 13.2. The van der Waals surface area contributed by atoms with Crippen LogP contribution in [-0.2, 0) is 25.6 Å². The number of carbonyl (C=O) groups excluding carboxylic acids is 3. The molecule has 39 heavy (non-hydrogen) atoms. The second kappa shape index (κ2) is 17.9. The molecule has 0 aliphatic rings. The van der Waals surface area contributed by atoms with Crippen LogP contribution < -0.4 is 38.9 Å². The van der Waals surface area contributed by atoms with Crippen molar-refractivity contribution >= 4 is 42.3 Å². The molecule has 0 aromatic heterocycles. The second-order valence-electron chi connectivity index (χ2n) is 8.91. The molecule has 0 bridgehead atoms. The van der Waals surface area contributed by atoms with Gasteiger partial charge in [-0.3, -0.25) is 19.4 Å². The fraction of sp³-hybridized carbons (Fsp3) is 0.542. The SMILES string of the molecule is NCCCCC(NC(=O)C(Cc1ccc(O)cc1)NC(=O)C(N)CS)C(=O)NC(CCCN=C(N)N)C(=O)O. The average Bonchev–Trinajstić information content (AvgIpc) is 2.89. The van der Waals surface area contributed by atoms with Gasteiger partial charge >= 0.3 is 5.97 Å². The zero-order chi connectivity index (χ0) is 29.4. The van der Waals surface area contributed by atoms with Crippen LogP contribution in [0.4, 0.5) is 0 Å². The molecule has 3 amide bonds. The van der Waals surface area contributed by atoms with Crippen LogP contribution in [0, 0.1) is 0 Å². The van der Waals surface area contributed by atoms with Gasteiger partial charge in [0, 0.05) is 18.7 Å². The number of nitrogens with two attached hydrogens (primary N) is 4. The lowest BCUT2D eigenvalue weighted by Gasteiger charge is -2.25. The van der Waals surface area contributed by atoms with Crippen LogP contribution >= 0.6 is 12.6 Å². The van der Waals surface area contributed by atoms with Crippen LogP contribution in [0.15, 0.2) is 29.3 Å². The van der Waals surface area contributed by atoms with E-state index in [1.54, 1.807) is 12.1 Å². The van der Waals surface area contributed by atoms with Gasteiger partial charge in [-0.1, -0.05) is 12.1 Å². The first-order valence-electron chi connectivity index (χ1n) is 12.5. The van der Waals surface area contributed by atoms with Crippen molar-refractivity contribution < 1.29 is 29.4 Å². The molecule has 218 valence electrons. The maximum atomic E-state index is 13.3. The van der Waals surface area contributed by atoms with E-state index in [1.807, 2.05) is 0 Å². The minimum atomic E-state index is -1.25. The van der Waals surface area contributed by atoms with Crippen molar-refractivity contribution in [3.05, 3.63) is 29.8 Å². The lowest BCUT2D eigenvalue weighted by Crippen LogP contribution is -2.57. The van der Waals surface area contributed by atoms with E-state index < -0.39 is 47.9 Å². The van der Waals surface area contributed by atoms with Crippen molar-refractivity contribution in [2.75, 3.05) is 18.8 Å². The average molecular weight is 569 g/mol. The molecule has 0 fully saturated rings. The largest absolute Gasteiger partial charge is 0.508 e. The Morgan fingerprint density at radius 3 is 2.00 bits per heavy atom.